The summed E-state index contributed by atoms with van der Waals surface area (Å²) in [6.45, 7) is 4.22. The van der Waals surface area contributed by atoms with Gasteiger partial charge in [-0.05, 0) is 36.6 Å². The van der Waals surface area contributed by atoms with Gasteiger partial charge >= 0.3 is 0 Å². The van der Waals surface area contributed by atoms with E-state index in [1.54, 1.807) is 22.8 Å². The normalized spacial score (nSPS) is 17.4. The molecule has 7 heteroatoms. The van der Waals surface area contributed by atoms with Crippen molar-refractivity contribution >= 4 is 23.2 Å². The molecule has 1 amide bonds. The summed E-state index contributed by atoms with van der Waals surface area (Å²) in [5, 5.41) is 7.38. The smallest absolute Gasteiger partial charge is 0.277 e. The highest BCUT2D eigenvalue weighted by molar-refractivity contribution is 6.02. The summed E-state index contributed by atoms with van der Waals surface area (Å²) in [5.74, 6) is 1.76. The number of hydrogen-bond acceptors (Lipinski definition) is 5. The molecule has 1 N–H and O–H groups in total. The van der Waals surface area contributed by atoms with E-state index in [1.165, 1.54) is 6.20 Å². The van der Waals surface area contributed by atoms with E-state index in [0.717, 1.165) is 25.3 Å². The Kier molecular flexibility index (Phi) is 3.60. The standard InChI is InChI=1S/C17H18N6O/c1-12-7-9-22(11-12)16-6-5-15-19-10-13(23(15)21-16)17(24)20-14-4-2-3-8-18-14/h2-6,8,10,12H,7,9,11H2,1H3,(H,18,20,24). The molecule has 1 fully saturated rings. The molecule has 122 valence electrons. The van der Waals surface area contributed by atoms with Crippen molar-refractivity contribution in [2.75, 3.05) is 23.3 Å². The summed E-state index contributed by atoms with van der Waals surface area (Å²) in [5.41, 5.74) is 1.04. The second-order valence-corrected chi connectivity index (χ2v) is 6.11. The van der Waals surface area contributed by atoms with Crippen molar-refractivity contribution in [2.24, 2.45) is 5.92 Å². The van der Waals surface area contributed by atoms with Gasteiger partial charge in [-0.15, -0.1) is 5.10 Å². The summed E-state index contributed by atoms with van der Waals surface area (Å²) < 4.78 is 1.59. The monoisotopic (exact) mass is 322 g/mol. The highest BCUT2D eigenvalue weighted by atomic mass is 16.2. The number of aromatic nitrogens is 4. The van der Waals surface area contributed by atoms with Gasteiger partial charge in [0.1, 0.15) is 11.6 Å². The average molecular weight is 322 g/mol. The number of nitrogens with zero attached hydrogens (tertiary/aromatic N) is 5. The lowest BCUT2D eigenvalue weighted by Gasteiger charge is -2.16. The molecule has 0 radical (unpaired) electrons. The lowest BCUT2D eigenvalue weighted by Crippen LogP contribution is -2.22. The van der Waals surface area contributed by atoms with Crippen LogP contribution < -0.4 is 10.2 Å². The van der Waals surface area contributed by atoms with E-state index < -0.39 is 0 Å². The molecule has 1 aliphatic rings. The van der Waals surface area contributed by atoms with E-state index in [4.69, 9.17) is 0 Å². The summed E-state index contributed by atoms with van der Waals surface area (Å²) in [4.78, 5) is 23.1. The minimum Gasteiger partial charge on any atom is -0.355 e. The Morgan fingerprint density at radius 2 is 2.17 bits per heavy atom. The van der Waals surface area contributed by atoms with Crippen molar-refractivity contribution in [3.05, 3.63) is 48.4 Å². The van der Waals surface area contributed by atoms with E-state index >= 15 is 0 Å². The van der Waals surface area contributed by atoms with Gasteiger partial charge in [0.25, 0.3) is 5.91 Å². The zero-order valence-electron chi connectivity index (χ0n) is 13.4. The topological polar surface area (TPSA) is 75.4 Å². The Balaban J connectivity index is 1.64. The second-order valence-electron chi connectivity index (χ2n) is 6.11. The van der Waals surface area contributed by atoms with Crippen LogP contribution in [-0.4, -0.2) is 38.6 Å². The number of carbonyl (C=O) groups is 1. The molecule has 1 aliphatic heterocycles. The van der Waals surface area contributed by atoms with Gasteiger partial charge < -0.3 is 10.2 Å². The predicted molar refractivity (Wildman–Crippen MR) is 91.2 cm³/mol. The number of imidazole rings is 1. The fraction of sp³-hybridized carbons (Fsp3) is 0.294. The summed E-state index contributed by atoms with van der Waals surface area (Å²) in [6, 6.07) is 9.21. The molecule has 0 saturated carbocycles. The van der Waals surface area contributed by atoms with Crippen LogP contribution in [0, 0.1) is 5.92 Å². The van der Waals surface area contributed by atoms with E-state index in [2.05, 4.69) is 32.2 Å². The molecular formula is C17H18N6O. The van der Waals surface area contributed by atoms with Crippen LogP contribution in [0.1, 0.15) is 23.8 Å². The van der Waals surface area contributed by atoms with Crippen molar-refractivity contribution in [3.63, 3.8) is 0 Å². The number of pyridine rings is 1. The maximum Gasteiger partial charge on any atom is 0.277 e. The second kappa shape index (κ2) is 5.92. The fourth-order valence-electron chi connectivity index (χ4n) is 2.95. The van der Waals surface area contributed by atoms with Gasteiger partial charge in [0.2, 0.25) is 0 Å². The van der Waals surface area contributed by atoms with Crippen LogP contribution in [0.3, 0.4) is 0 Å². The Morgan fingerprint density at radius 3 is 2.92 bits per heavy atom. The maximum atomic E-state index is 12.5. The first-order valence-corrected chi connectivity index (χ1v) is 8.03. The third-order valence-electron chi connectivity index (χ3n) is 4.24. The van der Waals surface area contributed by atoms with Crippen molar-refractivity contribution in [1.82, 2.24) is 19.6 Å². The van der Waals surface area contributed by atoms with Crippen molar-refractivity contribution in [3.8, 4) is 0 Å². The number of hydrogen-bond donors (Lipinski definition) is 1. The number of nitrogens with one attached hydrogen (secondary N) is 1. The molecule has 7 nitrogen and oxygen atoms in total. The predicted octanol–water partition coefficient (Wildman–Crippen LogP) is 2.22. The quantitative estimate of drug-likeness (QED) is 0.800. The minimum atomic E-state index is -0.277. The number of anilines is 2. The molecule has 1 saturated heterocycles. The first-order chi connectivity index (χ1) is 11.7. The third-order valence-corrected chi connectivity index (χ3v) is 4.24. The highest BCUT2D eigenvalue weighted by Crippen LogP contribution is 2.22. The van der Waals surface area contributed by atoms with E-state index in [9.17, 15) is 4.79 Å². The van der Waals surface area contributed by atoms with E-state index in [0.29, 0.717) is 23.1 Å². The number of rotatable bonds is 3. The van der Waals surface area contributed by atoms with Gasteiger partial charge in [-0.2, -0.15) is 0 Å². The number of carbonyl (C=O) groups excluding carboxylic acids is 1. The van der Waals surface area contributed by atoms with Gasteiger partial charge in [0, 0.05) is 19.3 Å². The molecule has 4 rings (SSSR count). The van der Waals surface area contributed by atoms with E-state index in [-0.39, 0.29) is 5.91 Å². The van der Waals surface area contributed by atoms with Crippen LogP contribution in [-0.2, 0) is 0 Å². The van der Waals surface area contributed by atoms with Crippen LogP contribution in [0.2, 0.25) is 0 Å². The Labute approximate surface area is 139 Å². The average Bonchev–Trinajstić information content (AvgIpc) is 3.21. The highest BCUT2D eigenvalue weighted by Gasteiger charge is 2.21. The summed E-state index contributed by atoms with van der Waals surface area (Å²) in [6.07, 6.45) is 4.34. The molecule has 4 heterocycles. The van der Waals surface area contributed by atoms with Crippen LogP contribution in [0.4, 0.5) is 11.6 Å². The molecule has 1 unspecified atom stereocenters. The van der Waals surface area contributed by atoms with Gasteiger partial charge in [0.05, 0.1) is 6.20 Å². The van der Waals surface area contributed by atoms with Gasteiger partial charge in [-0.1, -0.05) is 13.0 Å². The van der Waals surface area contributed by atoms with Crippen molar-refractivity contribution in [2.45, 2.75) is 13.3 Å². The molecular weight excluding hydrogens is 304 g/mol. The molecule has 3 aromatic heterocycles. The molecule has 3 aromatic rings. The molecule has 0 aromatic carbocycles. The minimum absolute atomic E-state index is 0.277. The lowest BCUT2D eigenvalue weighted by molar-refractivity contribution is 0.102. The van der Waals surface area contributed by atoms with Gasteiger partial charge in [-0.25, -0.2) is 14.5 Å². The fourth-order valence-corrected chi connectivity index (χ4v) is 2.95. The van der Waals surface area contributed by atoms with Crippen LogP contribution in [0.25, 0.3) is 5.65 Å². The number of fused-ring (bicyclic) bond motifs is 1. The van der Waals surface area contributed by atoms with Gasteiger partial charge in [0.15, 0.2) is 11.3 Å². The Bertz CT molecular complexity index is 875. The molecule has 24 heavy (non-hydrogen) atoms. The van der Waals surface area contributed by atoms with Crippen molar-refractivity contribution < 1.29 is 4.79 Å². The van der Waals surface area contributed by atoms with Crippen LogP contribution in [0.5, 0.6) is 0 Å². The zero-order valence-corrected chi connectivity index (χ0v) is 13.4. The first kappa shape index (κ1) is 14.6. The first-order valence-electron chi connectivity index (χ1n) is 8.03. The molecule has 0 aliphatic carbocycles. The largest absolute Gasteiger partial charge is 0.355 e. The Hall–Kier alpha value is -2.96. The van der Waals surface area contributed by atoms with E-state index in [1.807, 2.05) is 18.2 Å². The van der Waals surface area contributed by atoms with Crippen LogP contribution in [0.15, 0.2) is 42.7 Å². The summed E-state index contributed by atoms with van der Waals surface area (Å²) >= 11 is 0. The SMILES string of the molecule is CC1CCN(c2ccc3ncc(C(=O)Nc4ccccn4)n3n2)C1. The molecule has 1 atom stereocenters. The van der Waals surface area contributed by atoms with Crippen LogP contribution >= 0.6 is 0 Å². The molecule has 0 bridgehead atoms. The molecule has 0 spiro atoms. The summed E-state index contributed by atoms with van der Waals surface area (Å²) in [7, 11) is 0. The Morgan fingerprint density at radius 1 is 1.25 bits per heavy atom. The number of amides is 1. The lowest BCUT2D eigenvalue weighted by atomic mass is 10.2. The van der Waals surface area contributed by atoms with Crippen molar-refractivity contribution in [1.29, 1.82) is 0 Å². The zero-order chi connectivity index (χ0) is 16.5. The third kappa shape index (κ3) is 2.68. The van der Waals surface area contributed by atoms with Gasteiger partial charge in [-0.3, -0.25) is 4.79 Å². The maximum absolute atomic E-state index is 12.5.